The van der Waals surface area contributed by atoms with Crippen LogP contribution in [0.2, 0.25) is 0 Å². The lowest BCUT2D eigenvalue weighted by atomic mass is 10.0. The summed E-state index contributed by atoms with van der Waals surface area (Å²) in [4.78, 5) is 18.4. The highest BCUT2D eigenvalue weighted by Crippen LogP contribution is 2.45. The first-order valence-corrected chi connectivity index (χ1v) is 9.87. The Morgan fingerprint density at radius 3 is 2.39 bits per heavy atom. The quantitative estimate of drug-likeness (QED) is 0.472. The van der Waals surface area contributed by atoms with Gasteiger partial charge in [0.15, 0.2) is 0 Å². The molecule has 0 fully saturated rings. The monoisotopic (exact) mass is 450 g/mol. The highest BCUT2D eigenvalue weighted by atomic mass is 79.9. The van der Waals surface area contributed by atoms with Crippen LogP contribution in [0.1, 0.15) is 18.6 Å². The maximum atomic E-state index is 11.9. The van der Waals surface area contributed by atoms with Gasteiger partial charge >= 0.3 is 0 Å². The summed E-state index contributed by atoms with van der Waals surface area (Å²) in [6, 6.07) is 18.6. The molecular formula is C23H19BrN2OS. The average molecular weight is 451 g/mol. The van der Waals surface area contributed by atoms with Crippen LogP contribution in [0.3, 0.4) is 0 Å². The summed E-state index contributed by atoms with van der Waals surface area (Å²) in [5.74, 6) is -0.332. The third-order valence-corrected chi connectivity index (χ3v) is 6.13. The van der Waals surface area contributed by atoms with Gasteiger partial charge < -0.3 is 5.73 Å². The van der Waals surface area contributed by atoms with E-state index in [1.54, 1.807) is 11.8 Å². The van der Waals surface area contributed by atoms with E-state index in [1.807, 2.05) is 24.3 Å². The van der Waals surface area contributed by atoms with E-state index in [0.29, 0.717) is 5.71 Å². The average Bonchev–Trinajstić information content (AvgIpc) is 3.17. The summed E-state index contributed by atoms with van der Waals surface area (Å²) in [6.07, 6.45) is 0. The van der Waals surface area contributed by atoms with Crippen LogP contribution in [-0.2, 0) is 4.79 Å². The molecule has 2 aliphatic rings. The van der Waals surface area contributed by atoms with E-state index in [9.17, 15) is 4.79 Å². The van der Waals surface area contributed by atoms with Gasteiger partial charge in [0.2, 0.25) is 0 Å². The fraction of sp³-hybridized carbons (Fsp3) is 0.0435. The van der Waals surface area contributed by atoms with Crippen LogP contribution < -0.4 is 5.73 Å². The standard InChI is InChI=1S/C20H11BrN2OS.C2H4.CH4/c21-10-4-6-11(7-5-10)25-15-9-8-13-16-12(15)2-1-3-14(16)19-17(13)18(22)20(24)23-19;1-2;/h1-9H,(H2,22,23,24);1-2H2;1H4. The van der Waals surface area contributed by atoms with Crippen molar-refractivity contribution in [2.24, 2.45) is 10.7 Å². The predicted molar refractivity (Wildman–Crippen MR) is 123 cm³/mol. The third-order valence-electron chi connectivity index (χ3n) is 4.52. The molecule has 0 saturated carbocycles. The summed E-state index contributed by atoms with van der Waals surface area (Å²) in [5, 5.41) is 2.29. The first-order valence-electron chi connectivity index (χ1n) is 8.26. The lowest BCUT2D eigenvalue weighted by Gasteiger charge is -2.09. The minimum atomic E-state index is -0.332. The molecule has 0 saturated heterocycles. The molecule has 3 aromatic rings. The number of rotatable bonds is 2. The van der Waals surface area contributed by atoms with Crippen LogP contribution in [0.5, 0.6) is 0 Å². The second kappa shape index (κ2) is 7.78. The Kier molecular flexibility index (Phi) is 5.59. The van der Waals surface area contributed by atoms with Gasteiger partial charge in [-0.1, -0.05) is 59.4 Å². The van der Waals surface area contributed by atoms with Gasteiger partial charge in [0.05, 0.1) is 5.71 Å². The van der Waals surface area contributed by atoms with E-state index in [0.717, 1.165) is 31.9 Å². The molecule has 140 valence electrons. The molecule has 0 spiro atoms. The van der Waals surface area contributed by atoms with Gasteiger partial charge in [-0.3, -0.25) is 4.79 Å². The van der Waals surface area contributed by atoms with Crippen LogP contribution in [0, 0.1) is 0 Å². The van der Waals surface area contributed by atoms with Crippen molar-refractivity contribution in [3.8, 4) is 0 Å². The number of aliphatic imine (C=N–C) groups is 1. The summed E-state index contributed by atoms with van der Waals surface area (Å²) in [5.41, 5.74) is 9.76. The molecule has 3 aromatic carbocycles. The fourth-order valence-electron chi connectivity index (χ4n) is 3.42. The molecule has 0 bridgehead atoms. The molecule has 2 N–H and O–H groups in total. The summed E-state index contributed by atoms with van der Waals surface area (Å²) >= 11 is 5.19. The first-order chi connectivity index (χ1) is 13.1. The third kappa shape index (κ3) is 3.01. The maximum Gasteiger partial charge on any atom is 0.294 e. The van der Waals surface area contributed by atoms with Gasteiger partial charge in [0, 0.05) is 30.8 Å². The number of carbonyl (C=O) groups is 1. The number of hydrogen-bond donors (Lipinski definition) is 1. The van der Waals surface area contributed by atoms with Crippen LogP contribution in [0.25, 0.3) is 16.3 Å². The summed E-state index contributed by atoms with van der Waals surface area (Å²) in [6.45, 7) is 6.00. The van der Waals surface area contributed by atoms with Crippen LogP contribution in [0.15, 0.2) is 92.7 Å². The smallest absolute Gasteiger partial charge is 0.294 e. The fourth-order valence-corrected chi connectivity index (χ4v) is 4.63. The molecule has 1 aliphatic heterocycles. The van der Waals surface area contributed by atoms with Crippen molar-refractivity contribution in [2.75, 3.05) is 0 Å². The number of allylic oxidation sites excluding steroid dienone is 1. The van der Waals surface area contributed by atoms with Gasteiger partial charge in [-0.2, -0.15) is 0 Å². The second-order valence-corrected chi connectivity index (χ2v) is 7.98. The Hall–Kier alpha value is -2.63. The molecule has 28 heavy (non-hydrogen) atoms. The molecule has 1 heterocycles. The molecule has 1 aliphatic carbocycles. The first kappa shape index (κ1) is 20.1. The number of hydrogen-bond acceptors (Lipinski definition) is 3. The summed E-state index contributed by atoms with van der Waals surface area (Å²) < 4.78 is 1.06. The zero-order chi connectivity index (χ0) is 19.1. The highest BCUT2D eigenvalue weighted by molar-refractivity contribution is 9.10. The molecule has 1 amide bonds. The Labute approximate surface area is 177 Å². The SMILES string of the molecule is C.C=C.NC1=C2C(=NC1=O)c1cccc3c(Sc4ccc(Br)cc4)ccc2c13. The molecule has 0 radical (unpaired) electrons. The number of carbonyl (C=O) groups excluding carboxylic acids is 1. The molecule has 0 unspecified atom stereocenters. The molecule has 0 atom stereocenters. The Bertz CT molecular complexity index is 1160. The predicted octanol–water partition coefficient (Wildman–Crippen LogP) is 6.20. The molecule has 3 nitrogen and oxygen atoms in total. The van der Waals surface area contributed by atoms with Crippen LogP contribution in [0.4, 0.5) is 0 Å². The number of nitrogens with two attached hydrogens (primary N) is 1. The minimum absolute atomic E-state index is 0. The van der Waals surface area contributed by atoms with Crippen molar-refractivity contribution >= 4 is 55.7 Å². The van der Waals surface area contributed by atoms with E-state index in [2.05, 4.69) is 64.4 Å². The van der Waals surface area contributed by atoms with E-state index in [-0.39, 0.29) is 19.0 Å². The van der Waals surface area contributed by atoms with Gasteiger partial charge in [-0.15, -0.1) is 13.2 Å². The van der Waals surface area contributed by atoms with E-state index in [4.69, 9.17) is 5.73 Å². The number of nitrogens with zero attached hydrogens (tertiary/aromatic N) is 1. The van der Waals surface area contributed by atoms with Crippen molar-refractivity contribution in [2.45, 2.75) is 17.2 Å². The lowest BCUT2D eigenvalue weighted by Crippen LogP contribution is -2.06. The number of amides is 1. The van der Waals surface area contributed by atoms with Crippen molar-refractivity contribution in [1.82, 2.24) is 0 Å². The zero-order valence-electron chi connectivity index (χ0n) is 14.3. The Balaban J connectivity index is 0.000000728. The van der Waals surface area contributed by atoms with Crippen molar-refractivity contribution in [3.63, 3.8) is 0 Å². The minimum Gasteiger partial charge on any atom is -0.394 e. The maximum absolute atomic E-state index is 11.9. The van der Waals surface area contributed by atoms with Crippen molar-refractivity contribution in [3.05, 3.63) is 89.1 Å². The molecule has 0 aromatic heterocycles. The summed E-state index contributed by atoms with van der Waals surface area (Å²) in [7, 11) is 0. The van der Waals surface area contributed by atoms with Gasteiger partial charge in [-0.05, 0) is 41.3 Å². The Morgan fingerprint density at radius 2 is 1.68 bits per heavy atom. The van der Waals surface area contributed by atoms with E-state index >= 15 is 0 Å². The number of fused-ring (bicyclic) bond motifs is 3. The van der Waals surface area contributed by atoms with Gasteiger partial charge in [0.1, 0.15) is 5.70 Å². The van der Waals surface area contributed by atoms with Crippen molar-refractivity contribution < 1.29 is 4.79 Å². The molecule has 5 heteroatoms. The van der Waals surface area contributed by atoms with Crippen LogP contribution >= 0.6 is 27.7 Å². The van der Waals surface area contributed by atoms with E-state index in [1.165, 1.54) is 9.79 Å². The number of benzene rings is 3. The van der Waals surface area contributed by atoms with Crippen molar-refractivity contribution in [1.29, 1.82) is 0 Å². The largest absolute Gasteiger partial charge is 0.394 e. The van der Waals surface area contributed by atoms with Gasteiger partial charge in [-0.25, -0.2) is 4.99 Å². The molecular weight excluding hydrogens is 432 g/mol. The topological polar surface area (TPSA) is 55.4 Å². The Morgan fingerprint density at radius 1 is 0.964 bits per heavy atom. The molecule has 5 rings (SSSR count). The van der Waals surface area contributed by atoms with Crippen LogP contribution in [-0.4, -0.2) is 11.6 Å². The highest BCUT2D eigenvalue weighted by Gasteiger charge is 2.34. The number of halogens is 1. The second-order valence-electron chi connectivity index (χ2n) is 5.95. The normalized spacial score (nSPS) is 13.6. The van der Waals surface area contributed by atoms with E-state index < -0.39 is 0 Å². The van der Waals surface area contributed by atoms with Gasteiger partial charge in [0.25, 0.3) is 5.91 Å². The zero-order valence-corrected chi connectivity index (χ0v) is 16.7. The lowest BCUT2D eigenvalue weighted by molar-refractivity contribution is -0.114.